The molecule has 1 aliphatic heterocycles. The zero-order chi connectivity index (χ0) is 24.1. The fourth-order valence-corrected chi connectivity index (χ4v) is 4.16. The molecule has 176 valence electrons. The summed E-state index contributed by atoms with van der Waals surface area (Å²) in [6, 6.07) is 10.0. The van der Waals surface area contributed by atoms with E-state index in [2.05, 4.69) is 4.90 Å². The lowest BCUT2D eigenvalue weighted by atomic mass is 9.94. The van der Waals surface area contributed by atoms with Gasteiger partial charge in [0.15, 0.2) is 0 Å². The van der Waals surface area contributed by atoms with Crippen molar-refractivity contribution in [2.45, 2.75) is 33.7 Å². The molecular weight excluding hydrogens is 423 g/mol. The SMILES string of the molecule is CCOc1ccc(/C(O)=C2\C(=O)C(=O)N(CCN(CC)CC)C2c2ccc(F)cc2)cc1C. The summed E-state index contributed by atoms with van der Waals surface area (Å²) in [5.41, 5.74) is 1.80. The first-order chi connectivity index (χ1) is 15.8. The molecule has 0 bridgehead atoms. The van der Waals surface area contributed by atoms with Crippen molar-refractivity contribution in [3.05, 3.63) is 70.5 Å². The van der Waals surface area contributed by atoms with Crippen LogP contribution in [0.4, 0.5) is 4.39 Å². The van der Waals surface area contributed by atoms with E-state index in [1.54, 1.807) is 30.3 Å². The molecule has 1 unspecified atom stereocenters. The highest BCUT2D eigenvalue weighted by atomic mass is 19.1. The summed E-state index contributed by atoms with van der Waals surface area (Å²) < 4.78 is 19.2. The molecule has 2 aromatic rings. The van der Waals surface area contributed by atoms with Crippen LogP contribution in [0.5, 0.6) is 5.75 Å². The number of amides is 1. The third-order valence-corrected chi connectivity index (χ3v) is 6.03. The number of likely N-dealkylation sites (tertiary alicyclic amines) is 1. The van der Waals surface area contributed by atoms with E-state index in [4.69, 9.17) is 4.74 Å². The van der Waals surface area contributed by atoms with Gasteiger partial charge in [0.25, 0.3) is 11.7 Å². The third kappa shape index (κ3) is 5.09. The smallest absolute Gasteiger partial charge is 0.295 e. The van der Waals surface area contributed by atoms with Crippen molar-refractivity contribution in [1.29, 1.82) is 0 Å². The summed E-state index contributed by atoms with van der Waals surface area (Å²) in [7, 11) is 0. The number of aryl methyl sites for hydroxylation is 1. The van der Waals surface area contributed by atoms with E-state index in [-0.39, 0.29) is 11.3 Å². The Labute approximate surface area is 194 Å². The van der Waals surface area contributed by atoms with Crippen LogP contribution in [-0.4, -0.2) is 59.4 Å². The number of ketones is 1. The van der Waals surface area contributed by atoms with Gasteiger partial charge in [-0.3, -0.25) is 9.59 Å². The summed E-state index contributed by atoms with van der Waals surface area (Å²) in [5.74, 6) is -1.39. The van der Waals surface area contributed by atoms with E-state index in [9.17, 15) is 19.1 Å². The van der Waals surface area contributed by atoms with Crippen LogP contribution in [0.2, 0.25) is 0 Å². The van der Waals surface area contributed by atoms with Crippen LogP contribution in [0.1, 0.15) is 43.5 Å². The minimum absolute atomic E-state index is 0.00900. The second kappa shape index (κ2) is 10.6. The number of aliphatic hydroxyl groups excluding tert-OH is 1. The van der Waals surface area contributed by atoms with Gasteiger partial charge in [-0.1, -0.05) is 26.0 Å². The number of nitrogens with zero attached hydrogens (tertiary/aromatic N) is 2. The number of carbonyl (C=O) groups is 2. The summed E-state index contributed by atoms with van der Waals surface area (Å²) in [5, 5.41) is 11.2. The van der Waals surface area contributed by atoms with Gasteiger partial charge >= 0.3 is 0 Å². The Kier molecular flexibility index (Phi) is 7.87. The Morgan fingerprint density at radius 3 is 2.33 bits per heavy atom. The van der Waals surface area contributed by atoms with Crippen LogP contribution in [0.25, 0.3) is 5.76 Å². The van der Waals surface area contributed by atoms with Gasteiger partial charge in [-0.25, -0.2) is 4.39 Å². The zero-order valence-electron chi connectivity index (χ0n) is 19.6. The second-order valence-corrected chi connectivity index (χ2v) is 7.98. The Morgan fingerprint density at radius 1 is 1.09 bits per heavy atom. The summed E-state index contributed by atoms with van der Waals surface area (Å²) >= 11 is 0. The number of rotatable bonds is 9. The molecule has 1 aliphatic rings. The maximum atomic E-state index is 13.6. The number of hydrogen-bond acceptors (Lipinski definition) is 5. The second-order valence-electron chi connectivity index (χ2n) is 7.98. The van der Waals surface area contributed by atoms with Gasteiger partial charge in [0.2, 0.25) is 0 Å². The lowest BCUT2D eigenvalue weighted by Crippen LogP contribution is -2.38. The molecule has 1 heterocycles. The molecule has 1 fully saturated rings. The molecule has 33 heavy (non-hydrogen) atoms. The molecule has 7 heteroatoms. The zero-order valence-corrected chi connectivity index (χ0v) is 19.6. The summed E-state index contributed by atoms with van der Waals surface area (Å²) in [6.45, 7) is 10.8. The van der Waals surface area contributed by atoms with Crippen LogP contribution in [0.3, 0.4) is 0 Å². The van der Waals surface area contributed by atoms with Crippen molar-refractivity contribution in [2.24, 2.45) is 0 Å². The number of benzene rings is 2. The van der Waals surface area contributed by atoms with E-state index in [1.807, 2.05) is 27.7 Å². The molecule has 0 aliphatic carbocycles. The summed E-state index contributed by atoms with van der Waals surface area (Å²) in [4.78, 5) is 29.7. The highest BCUT2D eigenvalue weighted by Crippen LogP contribution is 2.39. The van der Waals surface area contributed by atoms with Gasteiger partial charge < -0.3 is 19.6 Å². The molecule has 1 N–H and O–H groups in total. The molecular formula is C26H31FN2O4. The minimum Gasteiger partial charge on any atom is -0.507 e. The molecule has 6 nitrogen and oxygen atoms in total. The first kappa shape index (κ1) is 24.5. The quantitative estimate of drug-likeness (QED) is 0.348. The van der Waals surface area contributed by atoms with Crippen molar-refractivity contribution in [2.75, 3.05) is 32.8 Å². The highest BCUT2D eigenvalue weighted by molar-refractivity contribution is 6.46. The average molecular weight is 455 g/mol. The topological polar surface area (TPSA) is 70.1 Å². The van der Waals surface area contributed by atoms with Crippen molar-refractivity contribution in [3.8, 4) is 5.75 Å². The Bertz CT molecular complexity index is 1040. The molecule has 0 radical (unpaired) electrons. The molecule has 1 amide bonds. The summed E-state index contributed by atoms with van der Waals surface area (Å²) in [6.07, 6.45) is 0. The number of halogens is 1. The monoisotopic (exact) mass is 454 g/mol. The Balaban J connectivity index is 2.09. The normalized spacial score (nSPS) is 17.8. The van der Waals surface area contributed by atoms with Crippen molar-refractivity contribution >= 4 is 17.4 Å². The Hall–Kier alpha value is -3.19. The van der Waals surface area contributed by atoms with E-state index in [0.29, 0.717) is 36.6 Å². The molecule has 1 saturated heterocycles. The molecule has 3 rings (SSSR count). The minimum atomic E-state index is -0.798. The van der Waals surface area contributed by atoms with Crippen molar-refractivity contribution in [1.82, 2.24) is 9.80 Å². The van der Waals surface area contributed by atoms with Crippen LogP contribution >= 0.6 is 0 Å². The molecule has 0 aromatic heterocycles. The van der Waals surface area contributed by atoms with Gasteiger partial charge in [0.05, 0.1) is 18.2 Å². The van der Waals surface area contributed by atoms with Crippen LogP contribution in [-0.2, 0) is 9.59 Å². The van der Waals surface area contributed by atoms with Gasteiger partial charge in [0, 0.05) is 18.7 Å². The van der Waals surface area contributed by atoms with E-state index in [1.165, 1.54) is 17.0 Å². The predicted octanol–water partition coefficient (Wildman–Crippen LogP) is 4.30. The number of Topliss-reactive ketones (excluding diaryl/α,β-unsaturated/α-hetero) is 1. The molecule has 2 aromatic carbocycles. The maximum Gasteiger partial charge on any atom is 0.295 e. The first-order valence-corrected chi connectivity index (χ1v) is 11.3. The standard InChI is InChI=1S/C26H31FN2O4/c1-5-28(6-2)14-15-29-23(18-8-11-20(27)12-9-18)22(25(31)26(29)32)24(30)19-10-13-21(33-7-3)17(4)16-19/h8-13,16,23,30H,5-7,14-15H2,1-4H3/b24-22+. The first-order valence-electron chi connectivity index (χ1n) is 11.3. The van der Waals surface area contributed by atoms with E-state index >= 15 is 0 Å². The Morgan fingerprint density at radius 2 is 1.76 bits per heavy atom. The number of hydrogen-bond donors (Lipinski definition) is 1. The lowest BCUT2D eigenvalue weighted by Gasteiger charge is -2.28. The van der Waals surface area contributed by atoms with Crippen molar-refractivity contribution < 1.29 is 23.8 Å². The number of ether oxygens (including phenoxy) is 1. The molecule has 0 spiro atoms. The van der Waals surface area contributed by atoms with E-state index in [0.717, 1.165) is 18.7 Å². The van der Waals surface area contributed by atoms with Gasteiger partial charge in [0.1, 0.15) is 17.3 Å². The predicted molar refractivity (Wildman–Crippen MR) is 126 cm³/mol. The van der Waals surface area contributed by atoms with Gasteiger partial charge in [-0.05, 0) is 68.4 Å². The van der Waals surface area contributed by atoms with Crippen molar-refractivity contribution in [3.63, 3.8) is 0 Å². The van der Waals surface area contributed by atoms with Gasteiger partial charge in [-0.15, -0.1) is 0 Å². The fourth-order valence-electron chi connectivity index (χ4n) is 4.16. The largest absolute Gasteiger partial charge is 0.507 e. The van der Waals surface area contributed by atoms with Crippen LogP contribution in [0.15, 0.2) is 48.0 Å². The molecule has 0 saturated carbocycles. The number of carbonyl (C=O) groups excluding carboxylic acids is 2. The third-order valence-electron chi connectivity index (χ3n) is 6.03. The maximum absolute atomic E-state index is 13.6. The fraction of sp³-hybridized carbons (Fsp3) is 0.385. The van der Waals surface area contributed by atoms with E-state index < -0.39 is 23.5 Å². The lowest BCUT2D eigenvalue weighted by molar-refractivity contribution is -0.140. The number of likely N-dealkylation sites (N-methyl/N-ethyl adjacent to an activating group) is 1. The highest BCUT2D eigenvalue weighted by Gasteiger charge is 2.46. The number of aliphatic hydroxyl groups is 1. The van der Waals surface area contributed by atoms with Crippen LogP contribution < -0.4 is 4.74 Å². The van der Waals surface area contributed by atoms with Gasteiger partial charge in [-0.2, -0.15) is 0 Å². The average Bonchev–Trinajstić information content (AvgIpc) is 3.06. The molecule has 1 atom stereocenters. The van der Waals surface area contributed by atoms with Crippen LogP contribution in [0, 0.1) is 12.7 Å².